The molecular formula is C9H17NO2S. The number of hydrogen-bond acceptors (Lipinski definition) is 3. The zero-order valence-electron chi connectivity index (χ0n) is 8.45. The van der Waals surface area contributed by atoms with Crippen molar-refractivity contribution in [2.24, 2.45) is 0 Å². The van der Waals surface area contributed by atoms with Crippen LogP contribution in [-0.2, 0) is 9.53 Å². The van der Waals surface area contributed by atoms with Gasteiger partial charge in [0.05, 0.1) is 24.5 Å². The first-order valence-corrected chi connectivity index (χ1v) is 5.94. The number of amides is 1. The van der Waals surface area contributed by atoms with Gasteiger partial charge in [0.25, 0.3) is 0 Å². The van der Waals surface area contributed by atoms with E-state index < -0.39 is 0 Å². The van der Waals surface area contributed by atoms with Crippen molar-refractivity contribution >= 4 is 17.7 Å². The van der Waals surface area contributed by atoms with E-state index in [1.165, 1.54) is 0 Å². The number of ether oxygens (including phenoxy) is 1. The Kier molecular flexibility index (Phi) is 4.06. The van der Waals surface area contributed by atoms with Gasteiger partial charge in [0.2, 0.25) is 5.91 Å². The first kappa shape index (κ1) is 10.9. The molecule has 0 aromatic rings. The smallest absolute Gasteiger partial charge is 0.232 e. The molecule has 2 atom stereocenters. The topological polar surface area (TPSA) is 29.5 Å². The Balaban J connectivity index is 2.50. The van der Waals surface area contributed by atoms with Crippen molar-refractivity contribution < 1.29 is 9.53 Å². The molecule has 0 spiro atoms. The molecule has 1 rings (SSSR count). The fourth-order valence-corrected chi connectivity index (χ4v) is 1.87. The Morgan fingerprint density at radius 2 is 2.31 bits per heavy atom. The second-order valence-electron chi connectivity index (χ2n) is 3.47. The summed E-state index contributed by atoms with van der Waals surface area (Å²) in [4.78, 5) is 13.5. The number of rotatable bonds is 2. The molecule has 3 nitrogen and oxygen atoms in total. The number of thioether (sulfide) groups is 1. The highest BCUT2D eigenvalue weighted by Gasteiger charge is 2.26. The molecule has 0 radical (unpaired) electrons. The lowest BCUT2D eigenvalue weighted by atomic mass is 10.2. The van der Waals surface area contributed by atoms with Crippen LogP contribution in [0.1, 0.15) is 13.8 Å². The maximum atomic E-state index is 11.6. The van der Waals surface area contributed by atoms with Gasteiger partial charge in [-0.1, -0.05) is 0 Å². The van der Waals surface area contributed by atoms with Crippen LogP contribution in [-0.4, -0.2) is 48.1 Å². The summed E-state index contributed by atoms with van der Waals surface area (Å²) in [5, 5.41) is 0. The molecule has 0 aromatic carbocycles. The zero-order chi connectivity index (χ0) is 9.84. The lowest BCUT2D eigenvalue weighted by Crippen LogP contribution is -2.50. The average Bonchev–Trinajstić information content (AvgIpc) is 2.09. The Morgan fingerprint density at radius 3 is 2.92 bits per heavy atom. The van der Waals surface area contributed by atoms with E-state index in [2.05, 4.69) is 0 Å². The van der Waals surface area contributed by atoms with Crippen molar-refractivity contribution in [3.8, 4) is 0 Å². The zero-order valence-corrected chi connectivity index (χ0v) is 9.26. The fraction of sp³-hybridized carbons (Fsp3) is 0.889. The summed E-state index contributed by atoms with van der Waals surface area (Å²) in [6.45, 7) is 5.44. The van der Waals surface area contributed by atoms with E-state index in [0.717, 1.165) is 6.54 Å². The monoisotopic (exact) mass is 203 g/mol. The number of hydrogen-bond donors (Lipinski definition) is 0. The van der Waals surface area contributed by atoms with E-state index in [4.69, 9.17) is 4.74 Å². The van der Waals surface area contributed by atoms with Gasteiger partial charge in [-0.05, 0) is 20.1 Å². The summed E-state index contributed by atoms with van der Waals surface area (Å²) in [5.41, 5.74) is 0. The Labute approximate surface area is 83.8 Å². The summed E-state index contributed by atoms with van der Waals surface area (Å²) in [6, 6.07) is 0.232. The third-order valence-corrected chi connectivity index (χ3v) is 2.73. The van der Waals surface area contributed by atoms with Crippen molar-refractivity contribution in [1.29, 1.82) is 0 Å². The number of carbonyl (C=O) groups is 1. The standard InChI is InChI=1S/C9H17NO2S/c1-7-5-12-8(2)4-10(7)9(11)6-13-3/h7-8H,4-6H2,1-3H3/t7-,8+/m0/s1. The van der Waals surface area contributed by atoms with Gasteiger partial charge in [-0.3, -0.25) is 4.79 Å². The highest BCUT2D eigenvalue weighted by atomic mass is 32.2. The predicted octanol–water partition coefficient (Wildman–Crippen LogP) is 0.985. The fourth-order valence-electron chi connectivity index (χ4n) is 1.46. The summed E-state index contributed by atoms with van der Waals surface area (Å²) in [6.07, 6.45) is 2.13. The third-order valence-electron chi connectivity index (χ3n) is 2.20. The normalized spacial score (nSPS) is 29.0. The maximum Gasteiger partial charge on any atom is 0.232 e. The van der Waals surface area contributed by atoms with Crippen LogP contribution in [0.5, 0.6) is 0 Å². The molecule has 0 aromatic heterocycles. The van der Waals surface area contributed by atoms with Crippen molar-refractivity contribution in [3.63, 3.8) is 0 Å². The van der Waals surface area contributed by atoms with Gasteiger partial charge in [-0.25, -0.2) is 0 Å². The van der Waals surface area contributed by atoms with Crippen LogP contribution in [0.15, 0.2) is 0 Å². The number of carbonyl (C=O) groups excluding carboxylic acids is 1. The van der Waals surface area contributed by atoms with Crippen LogP contribution in [0.3, 0.4) is 0 Å². The average molecular weight is 203 g/mol. The van der Waals surface area contributed by atoms with Crippen LogP contribution in [0.4, 0.5) is 0 Å². The molecule has 1 fully saturated rings. The Bertz CT molecular complexity index is 186. The minimum Gasteiger partial charge on any atom is -0.375 e. The third kappa shape index (κ3) is 2.88. The van der Waals surface area contributed by atoms with Gasteiger partial charge >= 0.3 is 0 Å². The molecule has 0 bridgehead atoms. The molecule has 13 heavy (non-hydrogen) atoms. The number of morpholine rings is 1. The molecule has 1 saturated heterocycles. The second kappa shape index (κ2) is 4.86. The van der Waals surface area contributed by atoms with Gasteiger partial charge in [-0.2, -0.15) is 11.8 Å². The predicted molar refractivity (Wildman–Crippen MR) is 55.0 cm³/mol. The van der Waals surface area contributed by atoms with Crippen molar-refractivity contribution in [2.45, 2.75) is 26.0 Å². The quantitative estimate of drug-likeness (QED) is 0.670. The van der Waals surface area contributed by atoms with E-state index >= 15 is 0 Å². The molecule has 1 aliphatic rings. The van der Waals surface area contributed by atoms with E-state index in [9.17, 15) is 4.79 Å². The van der Waals surface area contributed by atoms with Crippen LogP contribution >= 0.6 is 11.8 Å². The van der Waals surface area contributed by atoms with E-state index in [-0.39, 0.29) is 18.1 Å². The minimum absolute atomic E-state index is 0.182. The largest absolute Gasteiger partial charge is 0.375 e. The van der Waals surface area contributed by atoms with Crippen LogP contribution in [0.2, 0.25) is 0 Å². The van der Waals surface area contributed by atoms with Crippen LogP contribution in [0, 0.1) is 0 Å². The summed E-state index contributed by atoms with van der Waals surface area (Å²) >= 11 is 1.57. The van der Waals surface area contributed by atoms with Crippen LogP contribution in [0.25, 0.3) is 0 Å². The first-order chi connectivity index (χ1) is 6.15. The molecule has 4 heteroatoms. The molecule has 1 heterocycles. The van der Waals surface area contributed by atoms with Gasteiger partial charge in [0.15, 0.2) is 0 Å². The van der Waals surface area contributed by atoms with E-state index in [0.29, 0.717) is 12.4 Å². The minimum atomic E-state index is 0.182. The maximum absolute atomic E-state index is 11.6. The van der Waals surface area contributed by atoms with Gasteiger partial charge in [-0.15, -0.1) is 0 Å². The molecule has 1 aliphatic heterocycles. The number of nitrogens with zero attached hydrogens (tertiary/aromatic N) is 1. The molecule has 0 unspecified atom stereocenters. The van der Waals surface area contributed by atoms with Gasteiger partial charge in [0, 0.05) is 6.54 Å². The molecular weight excluding hydrogens is 186 g/mol. The Morgan fingerprint density at radius 1 is 1.62 bits per heavy atom. The summed E-state index contributed by atoms with van der Waals surface area (Å²) in [7, 11) is 0. The molecule has 0 saturated carbocycles. The first-order valence-electron chi connectivity index (χ1n) is 4.55. The van der Waals surface area contributed by atoms with Gasteiger partial charge in [0.1, 0.15) is 0 Å². The SMILES string of the molecule is CSCC(=O)N1C[C@@H](C)OC[C@@H]1C. The van der Waals surface area contributed by atoms with Crippen LogP contribution < -0.4 is 0 Å². The van der Waals surface area contributed by atoms with Crippen molar-refractivity contribution in [1.82, 2.24) is 4.90 Å². The van der Waals surface area contributed by atoms with Gasteiger partial charge < -0.3 is 9.64 Å². The molecule has 76 valence electrons. The van der Waals surface area contributed by atoms with E-state index in [1.807, 2.05) is 25.0 Å². The Hall–Kier alpha value is -0.220. The highest BCUT2D eigenvalue weighted by Crippen LogP contribution is 2.12. The van der Waals surface area contributed by atoms with Crippen molar-refractivity contribution in [3.05, 3.63) is 0 Å². The molecule has 0 N–H and O–H groups in total. The molecule has 1 amide bonds. The highest BCUT2D eigenvalue weighted by molar-refractivity contribution is 7.99. The lowest BCUT2D eigenvalue weighted by molar-refractivity contribution is -0.140. The lowest BCUT2D eigenvalue weighted by Gasteiger charge is -2.36. The summed E-state index contributed by atoms with van der Waals surface area (Å²) < 4.78 is 5.45. The van der Waals surface area contributed by atoms with Crippen molar-refractivity contribution in [2.75, 3.05) is 25.2 Å². The van der Waals surface area contributed by atoms with E-state index in [1.54, 1.807) is 11.8 Å². The summed E-state index contributed by atoms with van der Waals surface area (Å²) in [5.74, 6) is 0.812. The second-order valence-corrected chi connectivity index (χ2v) is 4.34. The molecule has 0 aliphatic carbocycles.